The summed E-state index contributed by atoms with van der Waals surface area (Å²) in [5.74, 6) is 0.126. The van der Waals surface area contributed by atoms with Gasteiger partial charge in [-0.3, -0.25) is 14.3 Å². The predicted molar refractivity (Wildman–Crippen MR) is 120 cm³/mol. The van der Waals surface area contributed by atoms with Crippen LogP contribution in [0.2, 0.25) is 0 Å². The van der Waals surface area contributed by atoms with Crippen LogP contribution in [0.15, 0.2) is 42.9 Å². The highest BCUT2D eigenvalue weighted by Gasteiger charge is 2.25. The van der Waals surface area contributed by atoms with E-state index in [4.69, 9.17) is 4.98 Å². The van der Waals surface area contributed by atoms with E-state index in [-0.39, 0.29) is 17.5 Å². The van der Waals surface area contributed by atoms with Gasteiger partial charge in [-0.1, -0.05) is 19.9 Å². The zero-order chi connectivity index (χ0) is 22.2. The highest BCUT2D eigenvalue weighted by Crippen LogP contribution is 2.28. The summed E-state index contributed by atoms with van der Waals surface area (Å²) in [4.78, 5) is 21.5. The maximum Gasteiger partial charge on any atom is 0.254 e. The molecule has 1 aromatic carbocycles. The SMILES string of the molecule is CC(C)CNc1nc(-c2ccn[nH]2)cn2c(-c3ccc(C(=O)NC4CC4)c(F)c3)cnc12. The third-order valence-electron chi connectivity index (χ3n) is 5.37. The molecule has 0 saturated heterocycles. The molecule has 3 aromatic heterocycles. The molecule has 9 heteroatoms. The van der Waals surface area contributed by atoms with E-state index in [9.17, 15) is 9.18 Å². The third-order valence-corrected chi connectivity index (χ3v) is 5.37. The number of aromatic nitrogens is 5. The number of fused-ring (bicyclic) bond motifs is 1. The number of benzene rings is 1. The second-order valence-corrected chi connectivity index (χ2v) is 8.50. The van der Waals surface area contributed by atoms with Crippen molar-refractivity contribution in [3.05, 3.63) is 54.2 Å². The Kier molecular flexibility index (Phi) is 5.08. The van der Waals surface area contributed by atoms with Crippen molar-refractivity contribution in [1.29, 1.82) is 0 Å². The first-order chi connectivity index (χ1) is 15.5. The Morgan fingerprint density at radius 2 is 2.16 bits per heavy atom. The number of anilines is 1. The lowest BCUT2D eigenvalue weighted by molar-refractivity contribution is 0.0947. The minimum Gasteiger partial charge on any atom is -0.367 e. The fraction of sp³-hybridized carbons (Fsp3) is 0.304. The van der Waals surface area contributed by atoms with Crippen LogP contribution in [0, 0.1) is 11.7 Å². The lowest BCUT2D eigenvalue weighted by Gasteiger charge is -2.12. The molecular weight excluding hydrogens is 409 g/mol. The fourth-order valence-electron chi connectivity index (χ4n) is 3.50. The molecule has 8 nitrogen and oxygen atoms in total. The number of hydrogen-bond donors (Lipinski definition) is 3. The molecule has 3 heterocycles. The molecule has 0 spiro atoms. The van der Waals surface area contributed by atoms with Crippen molar-refractivity contribution in [2.45, 2.75) is 32.7 Å². The van der Waals surface area contributed by atoms with Crippen molar-refractivity contribution in [2.75, 3.05) is 11.9 Å². The van der Waals surface area contributed by atoms with Gasteiger partial charge in [0.2, 0.25) is 0 Å². The highest BCUT2D eigenvalue weighted by atomic mass is 19.1. The standard InChI is InChI=1S/C23H24FN7O/c1-13(2)10-25-21-22-26-11-20(31(22)12-19(29-21)18-7-8-27-30-18)14-3-6-16(17(24)9-14)23(32)28-15-4-5-15/h3,6-9,11-13,15H,4-5,10H2,1-2H3,(H,25,29)(H,27,30)(H,28,32). The van der Waals surface area contributed by atoms with Gasteiger partial charge in [-0.05, 0) is 37.0 Å². The van der Waals surface area contributed by atoms with Gasteiger partial charge in [-0.2, -0.15) is 5.10 Å². The van der Waals surface area contributed by atoms with Crippen LogP contribution in [0.5, 0.6) is 0 Å². The van der Waals surface area contributed by atoms with Crippen molar-refractivity contribution < 1.29 is 9.18 Å². The van der Waals surface area contributed by atoms with E-state index in [1.807, 2.05) is 16.7 Å². The van der Waals surface area contributed by atoms with Crippen LogP contribution in [0.25, 0.3) is 28.3 Å². The van der Waals surface area contributed by atoms with Crippen LogP contribution in [-0.4, -0.2) is 43.1 Å². The van der Waals surface area contributed by atoms with Crippen molar-refractivity contribution in [1.82, 2.24) is 29.9 Å². The molecule has 0 bridgehead atoms. The number of nitrogens with zero attached hydrogens (tertiary/aromatic N) is 4. The number of carbonyl (C=O) groups is 1. The van der Waals surface area contributed by atoms with Gasteiger partial charge in [0, 0.05) is 30.5 Å². The lowest BCUT2D eigenvalue weighted by atomic mass is 10.1. The molecule has 0 radical (unpaired) electrons. The van der Waals surface area contributed by atoms with Crippen molar-refractivity contribution in [3.63, 3.8) is 0 Å². The van der Waals surface area contributed by atoms with Crippen molar-refractivity contribution in [2.24, 2.45) is 5.92 Å². The van der Waals surface area contributed by atoms with Crippen LogP contribution >= 0.6 is 0 Å². The zero-order valence-corrected chi connectivity index (χ0v) is 17.9. The first kappa shape index (κ1) is 20.2. The average Bonchev–Trinajstić information content (AvgIpc) is 3.25. The number of nitrogens with one attached hydrogen (secondary N) is 3. The van der Waals surface area contributed by atoms with E-state index in [0.717, 1.165) is 25.1 Å². The molecule has 4 aromatic rings. The molecule has 0 atom stereocenters. The summed E-state index contributed by atoms with van der Waals surface area (Å²) in [6.07, 6.45) is 7.10. The molecule has 32 heavy (non-hydrogen) atoms. The van der Waals surface area contributed by atoms with Crippen molar-refractivity contribution in [3.8, 4) is 22.6 Å². The maximum atomic E-state index is 14.8. The number of carbonyl (C=O) groups excluding carboxylic acids is 1. The summed E-state index contributed by atoms with van der Waals surface area (Å²) in [5.41, 5.74) is 3.45. The van der Waals surface area contributed by atoms with E-state index in [0.29, 0.717) is 34.3 Å². The minimum atomic E-state index is -0.559. The van der Waals surface area contributed by atoms with Crippen LogP contribution < -0.4 is 10.6 Å². The average molecular weight is 433 g/mol. The van der Waals surface area contributed by atoms with Gasteiger partial charge in [-0.25, -0.2) is 14.4 Å². The quantitative estimate of drug-likeness (QED) is 0.411. The van der Waals surface area contributed by atoms with Gasteiger partial charge < -0.3 is 10.6 Å². The summed E-state index contributed by atoms with van der Waals surface area (Å²) in [6, 6.07) is 6.65. The summed E-state index contributed by atoms with van der Waals surface area (Å²) in [5, 5.41) is 13.1. The van der Waals surface area contributed by atoms with Gasteiger partial charge in [0.25, 0.3) is 5.91 Å². The Bertz CT molecular complexity index is 1280. The molecule has 1 saturated carbocycles. The molecule has 0 aliphatic heterocycles. The first-order valence-corrected chi connectivity index (χ1v) is 10.7. The molecule has 1 aliphatic rings. The monoisotopic (exact) mass is 433 g/mol. The Morgan fingerprint density at radius 1 is 1.31 bits per heavy atom. The molecule has 3 N–H and O–H groups in total. The third kappa shape index (κ3) is 3.93. The molecular formula is C23H24FN7O. The minimum absolute atomic E-state index is 0.0496. The largest absolute Gasteiger partial charge is 0.367 e. The first-order valence-electron chi connectivity index (χ1n) is 10.7. The molecule has 164 valence electrons. The smallest absolute Gasteiger partial charge is 0.254 e. The van der Waals surface area contributed by atoms with Gasteiger partial charge in [0.1, 0.15) is 11.5 Å². The maximum absolute atomic E-state index is 14.8. The Morgan fingerprint density at radius 3 is 2.84 bits per heavy atom. The van der Waals surface area contributed by atoms with E-state index in [1.165, 1.54) is 12.1 Å². The van der Waals surface area contributed by atoms with Gasteiger partial charge in [0.15, 0.2) is 11.5 Å². The number of aromatic amines is 1. The summed E-state index contributed by atoms with van der Waals surface area (Å²) in [6.45, 7) is 4.96. The lowest BCUT2D eigenvalue weighted by Crippen LogP contribution is -2.26. The molecule has 1 amide bonds. The summed E-state index contributed by atoms with van der Waals surface area (Å²) >= 11 is 0. The number of halogens is 1. The van der Waals surface area contributed by atoms with Gasteiger partial charge in [0.05, 0.1) is 23.1 Å². The van der Waals surface area contributed by atoms with Crippen LogP contribution in [0.4, 0.5) is 10.2 Å². The number of H-pyrrole nitrogens is 1. The van der Waals surface area contributed by atoms with Crippen LogP contribution in [0.1, 0.15) is 37.0 Å². The summed E-state index contributed by atoms with van der Waals surface area (Å²) < 4.78 is 16.7. The molecule has 5 rings (SSSR count). The zero-order valence-electron chi connectivity index (χ0n) is 17.9. The fourth-order valence-corrected chi connectivity index (χ4v) is 3.50. The topological polar surface area (TPSA) is 100 Å². The van der Waals surface area contributed by atoms with Crippen molar-refractivity contribution >= 4 is 17.4 Å². The Balaban J connectivity index is 1.56. The van der Waals surface area contributed by atoms with E-state index >= 15 is 0 Å². The van der Waals surface area contributed by atoms with E-state index < -0.39 is 5.82 Å². The second-order valence-electron chi connectivity index (χ2n) is 8.50. The molecule has 1 fully saturated rings. The van der Waals surface area contributed by atoms with Gasteiger partial charge in [-0.15, -0.1) is 0 Å². The number of amides is 1. The van der Waals surface area contributed by atoms with Crippen LogP contribution in [-0.2, 0) is 0 Å². The van der Waals surface area contributed by atoms with E-state index in [2.05, 4.69) is 39.7 Å². The number of imidazole rings is 1. The Labute approximate surface area is 184 Å². The van der Waals surface area contributed by atoms with Gasteiger partial charge >= 0.3 is 0 Å². The molecule has 0 unspecified atom stereocenters. The predicted octanol–water partition coefficient (Wildman–Crippen LogP) is 3.89. The Hall–Kier alpha value is -3.75. The number of rotatable bonds is 7. The summed E-state index contributed by atoms with van der Waals surface area (Å²) in [7, 11) is 0. The second kappa shape index (κ2) is 8.07. The molecule has 1 aliphatic carbocycles. The van der Waals surface area contributed by atoms with Crippen LogP contribution in [0.3, 0.4) is 0 Å². The number of hydrogen-bond acceptors (Lipinski definition) is 5. The van der Waals surface area contributed by atoms with E-state index in [1.54, 1.807) is 18.5 Å². The normalized spacial score (nSPS) is 13.6. The highest BCUT2D eigenvalue weighted by molar-refractivity contribution is 5.95.